The highest BCUT2D eigenvalue weighted by Crippen LogP contribution is 2.52. The van der Waals surface area contributed by atoms with Crippen LogP contribution in [-0.4, -0.2) is 102 Å². The smallest absolute Gasteiger partial charge is 0.328 e. The molecule has 0 radical (unpaired) electrons. The Morgan fingerprint density at radius 3 is 2.22 bits per heavy atom. The fraction of sp³-hybridized carbons (Fsp3) is 0.632. The molecule has 2 aliphatic heterocycles. The number of amides is 3. The summed E-state index contributed by atoms with van der Waals surface area (Å²) in [6.45, 7) is 28.4. The van der Waals surface area contributed by atoms with E-state index in [0.29, 0.717) is 17.5 Å². The molecular weight excluding hydrogens is 744 g/mol. The van der Waals surface area contributed by atoms with Crippen molar-refractivity contribution < 1.29 is 32.6 Å². The monoisotopic (exact) mass is 800 g/mol. The van der Waals surface area contributed by atoms with Gasteiger partial charge in [0.25, 0.3) is 25.9 Å². The fourth-order valence-electron chi connectivity index (χ4n) is 6.43. The number of ether oxygens (including phenoxy) is 1. The van der Waals surface area contributed by atoms with Crippen molar-refractivity contribution in [3.63, 3.8) is 0 Å². The second-order valence-corrected chi connectivity index (χ2v) is 22.0. The summed E-state index contributed by atoms with van der Waals surface area (Å²) >= 11 is 0. The van der Waals surface area contributed by atoms with Crippen molar-refractivity contribution in [1.29, 1.82) is 0 Å². The highest BCUT2D eigenvalue weighted by atomic mass is 31.2. The average Bonchev–Trinajstić information content (AvgIpc) is 3.55. The topological polar surface area (TPSA) is 166 Å². The van der Waals surface area contributed by atoms with Crippen LogP contribution in [0.15, 0.2) is 40.1 Å². The van der Waals surface area contributed by atoms with E-state index < -0.39 is 70.2 Å². The van der Waals surface area contributed by atoms with E-state index in [1.165, 1.54) is 10.8 Å². The summed E-state index contributed by atoms with van der Waals surface area (Å²) < 4.78 is 30.3. The lowest BCUT2D eigenvalue weighted by Gasteiger charge is -2.42. The molecule has 55 heavy (non-hydrogen) atoms. The average molecular weight is 801 g/mol. The van der Waals surface area contributed by atoms with Gasteiger partial charge < -0.3 is 28.4 Å². The highest BCUT2D eigenvalue weighted by molar-refractivity contribution is 7.44. The standard InChI is InChI=1S/C38H57N6O9PSi/c1-12-29-32(52-54(50-22-19-39-9)44(24(2)3)25(4)5)33(53-55(10,11)38(6,7)8)31(51-29)28-23-42(37(49)41-34(28)46)20-17-30(45)40-18-21-43-35(47)26-15-13-14-16-27(26)36(43)48/h13-16,23-25,29,31-33H,12,17-22H2,1-8,10-11H3,(H,40,45)(H,41,46,49)/t29-,31+,32?,33-,54?/m1/s1. The Balaban J connectivity index is 1.57. The zero-order chi connectivity index (χ0) is 40.8. The number of carbonyl (C=O) groups is 3. The third-order valence-electron chi connectivity index (χ3n) is 10.3. The number of aromatic amines is 1. The fourth-order valence-corrected chi connectivity index (χ4v) is 9.48. The first kappa shape index (κ1) is 44.2. The Kier molecular flexibility index (Phi) is 14.9. The van der Waals surface area contributed by atoms with Gasteiger partial charge in [0.05, 0.1) is 22.8 Å². The van der Waals surface area contributed by atoms with Gasteiger partial charge in [0.1, 0.15) is 24.9 Å². The molecule has 3 amide bonds. The van der Waals surface area contributed by atoms with Gasteiger partial charge in [-0.1, -0.05) is 39.8 Å². The Morgan fingerprint density at radius 1 is 1.05 bits per heavy atom. The van der Waals surface area contributed by atoms with E-state index in [0.717, 1.165) is 4.90 Å². The highest BCUT2D eigenvalue weighted by Gasteiger charge is 2.53. The molecule has 2 N–H and O–H groups in total. The molecule has 1 saturated heterocycles. The van der Waals surface area contributed by atoms with E-state index >= 15 is 0 Å². The molecule has 1 fully saturated rings. The van der Waals surface area contributed by atoms with Crippen LogP contribution in [0.1, 0.15) is 101 Å². The van der Waals surface area contributed by atoms with Gasteiger partial charge in [-0.05, 0) is 64.4 Å². The van der Waals surface area contributed by atoms with Crippen LogP contribution >= 0.6 is 8.53 Å². The first-order chi connectivity index (χ1) is 25.8. The van der Waals surface area contributed by atoms with Crippen molar-refractivity contribution in [1.82, 2.24) is 24.4 Å². The van der Waals surface area contributed by atoms with Crippen LogP contribution in [0.3, 0.4) is 0 Å². The maximum absolute atomic E-state index is 13.6. The summed E-state index contributed by atoms with van der Waals surface area (Å²) in [5.41, 5.74) is -0.484. The van der Waals surface area contributed by atoms with Crippen molar-refractivity contribution in [3.8, 4) is 0 Å². The summed E-state index contributed by atoms with van der Waals surface area (Å²) in [5, 5.41) is 2.51. The molecule has 3 heterocycles. The minimum Gasteiger partial charge on any atom is -0.408 e. The lowest BCUT2D eigenvalue weighted by atomic mass is 10.0. The zero-order valence-electron chi connectivity index (χ0n) is 33.7. The minimum absolute atomic E-state index is 0.00377. The van der Waals surface area contributed by atoms with Gasteiger partial charge >= 0.3 is 5.69 Å². The Bertz CT molecular complexity index is 1810. The van der Waals surface area contributed by atoms with Crippen LogP contribution in [0.5, 0.6) is 0 Å². The lowest BCUT2D eigenvalue weighted by Crippen LogP contribution is -2.49. The quantitative estimate of drug-likeness (QED) is 0.0669. The molecule has 5 atom stereocenters. The number of aryl methyl sites for hydroxylation is 1. The molecule has 2 aliphatic rings. The molecule has 0 spiro atoms. The molecule has 1 aromatic heterocycles. The number of benzene rings is 1. The summed E-state index contributed by atoms with van der Waals surface area (Å²) in [7, 11) is -4.21. The number of imide groups is 1. The van der Waals surface area contributed by atoms with Gasteiger partial charge in [0.2, 0.25) is 12.5 Å². The summed E-state index contributed by atoms with van der Waals surface area (Å²) in [6, 6.07) is 6.68. The third-order valence-corrected chi connectivity index (χ3v) is 16.9. The number of nitrogens with one attached hydrogen (secondary N) is 2. The van der Waals surface area contributed by atoms with E-state index in [1.54, 1.807) is 24.3 Å². The Hall–Kier alpha value is -3.55. The molecule has 302 valence electrons. The molecule has 15 nitrogen and oxygen atoms in total. The van der Waals surface area contributed by atoms with Crippen LogP contribution in [0, 0.1) is 6.57 Å². The maximum Gasteiger partial charge on any atom is 0.328 e. The summed E-state index contributed by atoms with van der Waals surface area (Å²) in [6.07, 6.45) is -0.971. The molecule has 0 bridgehead atoms. The largest absolute Gasteiger partial charge is 0.408 e. The van der Waals surface area contributed by atoms with Crippen molar-refractivity contribution in [3.05, 3.63) is 79.4 Å². The van der Waals surface area contributed by atoms with E-state index in [4.69, 9.17) is 24.8 Å². The Morgan fingerprint density at radius 2 is 1.67 bits per heavy atom. The first-order valence-electron chi connectivity index (χ1n) is 18.9. The molecule has 4 rings (SSSR count). The maximum atomic E-state index is 13.6. The van der Waals surface area contributed by atoms with E-state index in [9.17, 15) is 24.0 Å². The van der Waals surface area contributed by atoms with Crippen molar-refractivity contribution in [2.45, 2.75) is 129 Å². The van der Waals surface area contributed by atoms with Gasteiger partial charge in [-0.2, -0.15) is 0 Å². The number of hydrogen-bond donors (Lipinski definition) is 2. The molecule has 0 saturated carbocycles. The van der Waals surface area contributed by atoms with Crippen LogP contribution in [0.2, 0.25) is 18.1 Å². The lowest BCUT2D eigenvalue weighted by molar-refractivity contribution is -0.121. The van der Waals surface area contributed by atoms with E-state index in [1.807, 2.05) is 6.92 Å². The normalized spacial score (nSPS) is 20.8. The second-order valence-electron chi connectivity index (χ2n) is 15.9. The number of H-pyrrole nitrogens is 1. The number of nitrogens with zero attached hydrogens (tertiary/aromatic N) is 4. The van der Waals surface area contributed by atoms with Gasteiger partial charge in [-0.3, -0.25) is 33.6 Å². The van der Waals surface area contributed by atoms with Gasteiger partial charge in [0.15, 0.2) is 8.32 Å². The van der Waals surface area contributed by atoms with Crippen molar-refractivity contribution in [2.24, 2.45) is 0 Å². The van der Waals surface area contributed by atoms with Gasteiger partial charge in [0, 0.05) is 44.3 Å². The molecule has 1 aromatic carbocycles. The van der Waals surface area contributed by atoms with Crippen molar-refractivity contribution >= 4 is 34.6 Å². The second kappa shape index (κ2) is 18.6. The molecule has 2 aromatic rings. The molecule has 17 heteroatoms. The van der Waals surface area contributed by atoms with Gasteiger partial charge in [-0.15, -0.1) is 0 Å². The van der Waals surface area contributed by atoms with E-state index in [-0.39, 0.29) is 61.9 Å². The van der Waals surface area contributed by atoms with Crippen LogP contribution in [-0.2, 0) is 29.5 Å². The van der Waals surface area contributed by atoms with E-state index in [2.05, 4.69) is 81.4 Å². The third kappa shape index (κ3) is 10.3. The zero-order valence-corrected chi connectivity index (χ0v) is 35.6. The summed E-state index contributed by atoms with van der Waals surface area (Å²) in [5.74, 6) is -1.23. The SMILES string of the molecule is [C-]#[N+]CCOP(OC1[C@@H](CC)O[C@@H](c2cn(CCC(=O)NCCN3C(=O)c4ccccc4C3=O)c(=O)[nH]c2=O)[C@H]1O[Si](C)(C)C(C)(C)C)N(C(C)C)C(C)C. The first-order valence-corrected chi connectivity index (χ1v) is 23.0. The number of rotatable bonds is 18. The number of aromatic nitrogens is 2. The van der Waals surface area contributed by atoms with Gasteiger partial charge in [-0.25, -0.2) is 16.0 Å². The molecular formula is C38H57N6O9PSi. The number of fused-ring (bicyclic) bond motifs is 1. The number of carbonyl (C=O) groups excluding carboxylic acids is 3. The van der Waals surface area contributed by atoms with Crippen LogP contribution < -0.4 is 16.6 Å². The molecule has 2 unspecified atom stereocenters. The van der Waals surface area contributed by atoms with Crippen molar-refractivity contribution in [2.75, 3.05) is 26.2 Å². The van der Waals surface area contributed by atoms with Crippen LogP contribution in [0.25, 0.3) is 4.85 Å². The van der Waals surface area contributed by atoms with Crippen LogP contribution in [0.4, 0.5) is 0 Å². The predicted molar refractivity (Wildman–Crippen MR) is 212 cm³/mol. The minimum atomic E-state index is -2.53. The molecule has 0 aliphatic carbocycles. The predicted octanol–water partition coefficient (Wildman–Crippen LogP) is 5.25. The Labute approximate surface area is 326 Å². The number of hydrogen-bond acceptors (Lipinski definition) is 10. The summed E-state index contributed by atoms with van der Waals surface area (Å²) in [4.78, 5) is 71.8.